The van der Waals surface area contributed by atoms with E-state index in [0.717, 1.165) is 33.2 Å². The zero-order valence-corrected chi connectivity index (χ0v) is 15.3. The molecular formula is C20H18N2O3S. The lowest BCUT2D eigenvalue weighted by molar-refractivity contribution is -0.131. The van der Waals surface area contributed by atoms with Crippen molar-refractivity contribution in [2.24, 2.45) is 0 Å². The molecular weight excluding hydrogens is 348 g/mol. The summed E-state index contributed by atoms with van der Waals surface area (Å²) in [4.78, 5) is 18.9. The number of hydrogen-bond acceptors (Lipinski definition) is 5. The van der Waals surface area contributed by atoms with Crippen LogP contribution in [0.3, 0.4) is 0 Å². The van der Waals surface area contributed by atoms with Crippen LogP contribution in [-0.2, 0) is 11.2 Å². The Hall–Kier alpha value is -2.86. The van der Waals surface area contributed by atoms with Gasteiger partial charge < -0.3 is 13.7 Å². The maximum Gasteiger partial charge on any atom is 0.228 e. The number of nitrogens with zero attached hydrogens (tertiary/aromatic N) is 2. The molecule has 26 heavy (non-hydrogen) atoms. The molecule has 0 spiro atoms. The molecule has 1 amide bonds. The van der Waals surface area contributed by atoms with Crippen molar-refractivity contribution in [2.45, 2.75) is 19.4 Å². The van der Waals surface area contributed by atoms with E-state index in [4.69, 9.17) is 8.83 Å². The molecule has 0 unspecified atom stereocenters. The molecule has 3 heterocycles. The van der Waals surface area contributed by atoms with E-state index in [1.165, 1.54) is 11.3 Å². The SMILES string of the molecule is C[C@H](c1cc2ccccc2o1)N(C)C(=O)Cc1csc(-c2ccco2)n1. The van der Waals surface area contributed by atoms with Crippen molar-refractivity contribution in [3.63, 3.8) is 0 Å². The van der Waals surface area contributed by atoms with E-state index in [-0.39, 0.29) is 18.4 Å². The van der Waals surface area contributed by atoms with E-state index in [0.29, 0.717) is 0 Å². The van der Waals surface area contributed by atoms with E-state index >= 15 is 0 Å². The van der Waals surface area contributed by atoms with Crippen molar-refractivity contribution in [1.82, 2.24) is 9.88 Å². The van der Waals surface area contributed by atoms with Gasteiger partial charge in [0.15, 0.2) is 10.8 Å². The van der Waals surface area contributed by atoms with Crippen LogP contribution in [0.5, 0.6) is 0 Å². The van der Waals surface area contributed by atoms with Crippen molar-refractivity contribution in [3.8, 4) is 10.8 Å². The number of likely N-dealkylation sites (N-methyl/N-ethyl adjacent to an activating group) is 1. The Morgan fingerprint density at radius 3 is 2.88 bits per heavy atom. The van der Waals surface area contributed by atoms with E-state index < -0.39 is 0 Å². The topological polar surface area (TPSA) is 59.5 Å². The predicted molar refractivity (Wildman–Crippen MR) is 101 cm³/mol. The first-order chi connectivity index (χ1) is 12.6. The molecule has 0 saturated heterocycles. The van der Waals surface area contributed by atoms with E-state index in [1.54, 1.807) is 18.2 Å². The van der Waals surface area contributed by atoms with Crippen molar-refractivity contribution in [3.05, 3.63) is 65.6 Å². The average molecular weight is 366 g/mol. The van der Waals surface area contributed by atoms with Crippen molar-refractivity contribution >= 4 is 28.2 Å². The third-order valence-electron chi connectivity index (χ3n) is 4.45. The van der Waals surface area contributed by atoms with Crippen LogP contribution in [0.15, 0.2) is 62.9 Å². The maximum atomic E-state index is 12.7. The normalized spacial score (nSPS) is 12.4. The minimum Gasteiger partial charge on any atom is -0.462 e. The van der Waals surface area contributed by atoms with Gasteiger partial charge in [-0.1, -0.05) is 18.2 Å². The molecule has 1 aromatic carbocycles. The number of furan rings is 2. The number of thiazole rings is 1. The molecule has 0 bridgehead atoms. The quantitative estimate of drug-likeness (QED) is 0.503. The fourth-order valence-electron chi connectivity index (χ4n) is 2.80. The second-order valence-electron chi connectivity index (χ2n) is 6.17. The number of hydrogen-bond donors (Lipinski definition) is 0. The largest absolute Gasteiger partial charge is 0.462 e. The molecule has 0 fully saturated rings. The molecule has 4 rings (SSSR count). The molecule has 0 aliphatic rings. The molecule has 6 heteroatoms. The second kappa shape index (κ2) is 6.80. The molecule has 0 aliphatic carbocycles. The first-order valence-corrected chi connectivity index (χ1v) is 9.22. The molecule has 4 aromatic rings. The van der Waals surface area contributed by atoms with Gasteiger partial charge in [0.2, 0.25) is 5.91 Å². The third kappa shape index (κ3) is 3.15. The van der Waals surface area contributed by atoms with Crippen LogP contribution in [0.2, 0.25) is 0 Å². The molecule has 132 valence electrons. The van der Waals surface area contributed by atoms with Crippen LogP contribution in [0.4, 0.5) is 0 Å². The number of fused-ring (bicyclic) bond motifs is 1. The Bertz CT molecular complexity index is 999. The Kier molecular flexibility index (Phi) is 4.34. The van der Waals surface area contributed by atoms with Gasteiger partial charge in [0.25, 0.3) is 0 Å². The van der Waals surface area contributed by atoms with Crippen molar-refractivity contribution in [1.29, 1.82) is 0 Å². The smallest absolute Gasteiger partial charge is 0.228 e. The number of amides is 1. The summed E-state index contributed by atoms with van der Waals surface area (Å²) in [6.45, 7) is 1.96. The number of aromatic nitrogens is 1. The standard InChI is InChI=1S/C20H18N2O3S/c1-13(18-10-14-6-3-4-7-16(14)25-18)22(2)19(23)11-15-12-26-20(21-15)17-8-5-9-24-17/h3-10,12-13H,11H2,1-2H3/t13-/m1/s1. The number of para-hydroxylation sites is 1. The first-order valence-electron chi connectivity index (χ1n) is 8.34. The van der Waals surface area contributed by atoms with Gasteiger partial charge in [-0.2, -0.15) is 0 Å². The van der Waals surface area contributed by atoms with Crippen molar-refractivity contribution in [2.75, 3.05) is 7.05 Å². The number of carbonyl (C=O) groups is 1. The summed E-state index contributed by atoms with van der Waals surface area (Å²) >= 11 is 1.47. The highest BCUT2D eigenvalue weighted by Crippen LogP contribution is 2.28. The zero-order valence-electron chi connectivity index (χ0n) is 14.5. The number of carbonyl (C=O) groups excluding carboxylic acids is 1. The monoisotopic (exact) mass is 366 g/mol. The van der Waals surface area contributed by atoms with Gasteiger partial charge in [-0.15, -0.1) is 11.3 Å². The van der Waals surface area contributed by atoms with Crippen LogP contribution < -0.4 is 0 Å². The maximum absolute atomic E-state index is 12.7. The Morgan fingerprint density at radius 1 is 1.27 bits per heavy atom. The first kappa shape index (κ1) is 16.6. The van der Waals surface area contributed by atoms with Gasteiger partial charge in [-0.3, -0.25) is 4.79 Å². The fraction of sp³-hybridized carbons (Fsp3) is 0.200. The van der Waals surface area contributed by atoms with Gasteiger partial charge in [-0.25, -0.2) is 4.98 Å². The van der Waals surface area contributed by atoms with Crippen LogP contribution in [0.1, 0.15) is 24.4 Å². The summed E-state index contributed by atoms with van der Waals surface area (Å²) in [5.74, 6) is 1.49. The van der Waals surface area contributed by atoms with Gasteiger partial charge in [0.1, 0.15) is 11.3 Å². The Balaban J connectivity index is 1.47. The lowest BCUT2D eigenvalue weighted by Gasteiger charge is -2.23. The summed E-state index contributed by atoms with van der Waals surface area (Å²) in [5.41, 5.74) is 1.58. The summed E-state index contributed by atoms with van der Waals surface area (Å²) in [5, 5.41) is 3.72. The number of rotatable bonds is 5. The third-order valence-corrected chi connectivity index (χ3v) is 5.35. The minimum absolute atomic E-state index is 0.00532. The summed E-state index contributed by atoms with van der Waals surface area (Å²) in [7, 11) is 1.79. The van der Waals surface area contributed by atoms with E-state index in [1.807, 2.05) is 54.8 Å². The predicted octanol–water partition coefficient (Wildman–Crippen LogP) is 4.91. The highest BCUT2D eigenvalue weighted by atomic mass is 32.1. The number of benzene rings is 1. The Labute approximate surface area is 154 Å². The minimum atomic E-state index is -0.155. The average Bonchev–Trinajstić information content (AvgIpc) is 3.39. The molecule has 0 saturated carbocycles. The highest BCUT2D eigenvalue weighted by molar-refractivity contribution is 7.13. The summed E-state index contributed by atoms with van der Waals surface area (Å²) in [6, 6.07) is 13.4. The van der Waals surface area contributed by atoms with Gasteiger partial charge in [-0.05, 0) is 31.2 Å². The fourth-order valence-corrected chi connectivity index (χ4v) is 3.58. The molecule has 5 nitrogen and oxygen atoms in total. The molecule has 0 N–H and O–H groups in total. The lowest BCUT2D eigenvalue weighted by atomic mass is 10.2. The zero-order chi connectivity index (χ0) is 18.1. The van der Waals surface area contributed by atoms with Crippen molar-refractivity contribution < 1.29 is 13.6 Å². The summed E-state index contributed by atoms with van der Waals surface area (Å²) in [6.07, 6.45) is 1.86. The Morgan fingerprint density at radius 2 is 2.12 bits per heavy atom. The molecule has 3 aromatic heterocycles. The van der Waals surface area contributed by atoms with Crippen LogP contribution >= 0.6 is 11.3 Å². The van der Waals surface area contributed by atoms with Gasteiger partial charge in [0, 0.05) is 17.8 Å². The molecule has 0 aliphatic heterocycles. The van der Waals surface area contributed by atoms with E-state index in [2.05, 4.69) is 4.98 Å². The van der Waals surface area contributed by atoms with Crippen LogP contribution in [-0.4, -0.2) is 22.8 Å². The van der Waals surface area contributed by atoms with E-state index in [9.17, 15) is 4.79 Å². The highest BCUT2D eigenvalue weighted by Gasteiger charge is 2.22. The lowest BCUT2D eigenvalue weighted by Crippen LogP contribution is -2.30. The van der Waals surface area contributed by atoms with Gasteiger partial charge in [0.05, 0.1) is 24.4 Å². The summed E-state index contributed by atoms with van der Waals surface area (Å²) < 4.78 is 11.2. The van der Waals surface area contributed by atoms with Crippen LogP contribution in [0, 0.1) is 0 Å². The molecule has 0 radical (unpaired) electrons. The molecule has 1 atom stereocenters. The van der Waals surface area contributed by atoms with Crippen LogP contribution in [0.25, 0.3) is 21.7 Å². The second-order valence-corrected chi connectivity index (χ2v) is 7.02. The van der Waals surface area contributed by atoms with Gasteiger partial charge >= 0.3 is 0 Å².